The van der Waals surface area contributed by atoms with Crippen LogP contribution < -0.4 is 10.6 Å². The van der Waals surface area contributed by atoms with Gasteiger partial charge in [0.25, 0.3) is 0 Å². The Bertz CT molecular complexity index is 829. The zero-order valence-corrected chi connectivity index (χ0v) is 17.0. The normalized spacial score (nSPS) is 20.4. The first-order valence-electron chi connectivity index (χ1n) is 10.1. The van der Waals surface area contributed by atoms with E-state index in [2.05, 4.69) is 10.6 Å². The van der Waals surface area contributed by atoms with Crippen LogP contribution in [0.15, 0.2) is 24.3 Å². The molecule has 2 heterocycles. The number of amides is 2. The Morgan fingerprint density at radius 1 is 0.871 bits per heavy atom. The predicted molar refractivity (Wildman–Crippen MR) is 110 cm³/mol. The van der Waals surface area contributed by atoms with Crippen LogP contribution in [0.5, 0.6) is 0 Å². The molecular weight excluding hydrogens is 408 g/mol. The average molecular weight is 434 g/mol. The van der Waals surface area contributed by atoms with Gasteiger partial charge in [-0.2, -0.15) is 0 Å². The zero-order chi connectivity index (χ0) is 22.4. The Kier molecular flexibility index (Phi) is 7.16. The van der Waals surface area contributed by atoms with Crippen LogP contribution in [0.1, 0.15) is 25.7 Å². The number of carbonyl (C=O) groups is 4. The Labute approximate surface area is 178 Å². The minimum absolute atomic E-state index is 0.00369. The first-order valence-corrected chi connectivity index (χ1v) is 10.1. The van der Waals surface area contributed by atoms with Crippen LogP contribution in [0.3, 0.4) is 0 Å². The van der Waals surface area contributed by atoms with Gasteiger partial charge in [0, 0.05) is 30.9 Å². The predicted octanol–water partition coefficient (Wildman–Crippen LogP) is 1.23. The zero-order valence-electron chi connectivity index (χ0n) is 17.0. The fraction of sp³-hybridized carbons (Fsp3) is 0.500. The Morgan fingerprint density at radius 2 is 1.39 bits per heavy atom. The molecular formula is C20H26N4O7. The maximum atomic E-state index is 12.3. The number of ether oxygens (including phenoxy) is 1. The topological polar surface area (TPSA) is 149 Å². The number of hydrogen-bond donors (Lipinski definition) is 4. The first kappa shape index (κ1) is 22.2. The lowest BCUT2D eigenvalue weighted by molar-refractivity contribution is -0.147. The summed E-state index contributed by atoms with van der Waals surface area (Å²) in [7, 11) is 0. The smallest absolute Gasteiger partial charge is 0.480 e. The van der Waals surface area contributed by atoms with E-state index in [1.165, 1.54) is 9.80 Å². The summed E-state index contributed by atoms with van der Waals surface area (Å²) < 4.78 is 4.74. The molecule has 4 N–H and O–H groups in total. The lowest BCUT2D eigenvalue weighted by atomic mass is 10.2. The second-order valence-corrected chi connectivity index (χ2v) is 7.44. The summed E-state index contributed by atoms with van der Waals surface area (Å²) in [6, 6.07) is 6.21. The molecule has 0 aromatic heterocycles. The Hall–Kier alpha value is -3.50. The molecule has 0 aliphatic carbocycles. The number of rotatable bonds is 8. The van der Waals surface area contributed by atoms with Gasteiger partial charge < -0.3 is 35.4 Å². The van der Waals surface area contributed by atoms with Crippen LogP contribution in [-0.2, 0) is 19.1 Å². The maximum Gasteiger partial charge on any atom is 0.507 e. The van der Waals surface area contributed by atoms with Gasteiger partial charge in [0.05, 0.1) is 13.1 Å². The van der Waals surface area contributed by atoms with Gasteiger partial charge in [-0.05, 0) is 43.5 Å². The van der Waals surface area contributed by atoms with E-state index >= 15 is 0 Å². The molecule has 2 aliphatic rings. The second kappa shape index (κ2) is 10.0. The molecule has 0 bridgehead atoms. The third kappa shape index (κ3) is 5.77. The number of carboxylic acids is 1. The average Bonchev–Trinajstić information content (AvgIpc) is 3.40. The maximum absolute atomic E-state index is 12.3. The van der Waals surface area contributed by atoms with Gasteiger partial charge in [-0.1, -0.05) is 0 Å². The minimum atomic E-state index is -1.40. The summed E-state index contributed by atoms with van der Waals surface area (Å²) in [6.45, 7) is 0.893. The van der Waals surface area contributed by atoms with E-state index in [4.69, 9.17) is 9.84 Å². The van der Waals surface area contributed by atoms with E-state index in [0.29, 0.717) is 50.1 Å². The molecule has 11 heteroatoms. The summed E-state index contributed by atoms with van der Waals surface area (Å²) in [5.74, 6) is -1.50. The van der Waals surface area contributed by atoms with Crippen LogP contribution in [0.25, 0.3) is 0 Å². The molecule has 2 saturated heterocycles. The van der Waals surface area contributed by atoms with E-state index in [0.717, 1.165) is 0 Å². The third-order valence-corrected chi connectivity index (χ3v) is 5.39. The molecule has 1 aromatic rings. The van der Waals surface area contributed by atoms with Crippen LogP contribution in [0.4, 0.5) is 16.2 Å². The largest absolute Gasteiger partial charge is 0.507 e. The molecule has 31 heavy (non-hydrogen) atoms. The molecule has 2 atom stereocenters. The molecule has 168 valence electrons. The number of likely N-dealkylation sites (tertiary alicyclic amines) is 2. The Morgan fingerprint density at radius 3 is 1.94 bits per heavy atom. The molecule has 0 unspecified atom stereocenters. The molecule has 3 rings (SSSR count). The molecule has 0 radical (unpaired) electrons. The highest BCUT2D eigenvalue weighted by Gasteiger charge is 2.33. The number of benzene rings is 1. The molecule has 0 spiro atoms. The minimum Gasteiger partial charge on any atom is -0.480 e. The molecule has 2 fully saturated rings. The van der Waals surface area contributed by atoms with Crippen molar-refractivity contribution in [3.63, 3.8) is 0 Å². The van der Waals surface area contributed by atoms with Crippen molar-refractivity contribution in [3.05, 3.63) is 24.3 Å². The highest BCUT2D eigenvalue weighted by atomic mass is 16.7. The lowest BCUT2D eigenvalue weighted by Crippen LogP contribution is -2.43. The van der Waals surface area contributed by atoms with E-state index < -0.39 is 24.4 Å². The van der Waals surface area contributed by atoms with Gasteiger partial charge in [0.2, 0.25) is 11.8 Å². The monoisotopic (exact) mass is 434 g/mol. The van der Waals surface area contributed by atoms with Gasteiger partial charge in [-0.3, -0.25) is 9.59 Å². The van der Waals surface area contributed by atoms with Crippen molar-refractivity contribution in [1.29, 1.82) is 0 Å². The number of nitrogens with one attached hydrogen (secondary N) is 2. The molecule has 0 saturated carbocycles. The standard InChI is InChI=1S/C20H26N4O7/c25-16(23-9-1-3-15(23)19(27)28)11-21-13-5-7-14(8-6-13)22-12-17(26)24-10-2-4-18(24)31-20(29)30/h5-8,15,18,21-22H,1-4,9-12H2,(H,27,28)(H,29,30)/t15-,18-/m1/s1. The van der Waals surface area contributed by atoms with Gasteiger partial charge in [-0.25, -0.2) is 9.59 Å². The SMILES string of the molecule is O=C(O)O[C@@H]1CCCN1C(=O)CNc1ccc(NCC(=O)N2CCC[C@@H]2C(=O)O)cc1. The quantitative estimate of drug-likeness (QED) is 0.443. The number of nitrogens with zero attached hydrogens (tertiary/aromatic N) is 2. The van der Waals surface area contributed by atoms with Crippen molar-refractivity contribution in [1.82, 2.24) is 9.80 Å². The lowest BCUT2D eigenvalue weighted by Gasteiger charge is -2.23. The van der Waals surface area contributed by atoms with E-state index in [1.807, 2.05) is 0 Å². The molecule has 2 aliphatic heterocycles. The van der Waals surface area contributed by atoms with E-state index in [-0.39, 0.29) is 24.9 Å². The number of carbonyl (C=O) groups excluding carboxylic acids is 2. The Balaban J connectivity index is 1.45. The summed E-state index contributed by atoms with van der Waals surface area (Å²) in [6.07, 6.45) is 0.188. The summed E-state index contributed by atoms with van der Waals surface area (Å²) in [5.41, 5.74) is 1.37. The summed E-state index contributed by atoms with van der Waals surface area (Å²) >= 11 is 0. The number of carboxylic acid groups (broad SMARTS) is 2. The fourth-order valence-corrected chi connectivity index (χ4v) is 3.85. The highest BCUT2D eigenvalue weighted by Crippen LogP contribution is 2.20. The molecule has 2 amide bonds. The van der Waals surface area contributed by atoms with Crippen molar-refractivity contribution in [2.75, 3.05) is 36.8 Å². The van der Waals surface area contributed by atoms with Gasteiger partial charge in [-0.15, -0.1) is 0 Å². The van der Waals surface area contributed by atoms with Gasteiger partial charge >= 0.3 is 12.1 Å². The van der Waals surface area contributed by atoms with Crippen molar-refractivity contribution in [2.45, 2.75) is 38.0 Å². The van der Waals surface area contributed by atoms with Crippen molar-refractivity contribution < 1.29 is 34.1 Å². The summed E-state index contributed by atoms with van der Waals surface area (Å²) in [5, 5.41) is 23.9. The summed E-state index contributed by atoms with van der Waals surface area (Å²) in [4.78, 5) is 49.4. The van der Waals surface area contributed by atoms with Crippen LogP contribution in [0, 0.1) is 0 Å². The molecule has 1 aromatic carbocycles. The number of hydrogen-bond acceptors (Lipinski definition) is 7. The van der Waals surface area contributed by atoms with Crippen LogP contribution in [-0.4, -0.2) is 82.4 Å². The van der Waals surface area contributed by atoms with E-state index in [9.17, 15) is 24.3 Å². The number of aliphatic carboxylic acids is 1. The van der Waals surface area contributed by atoms with Crippen molar-refractivity contribution >= 4 is 35.3 Å². The van der Waals surface area contributed by atoms with Crippen LogP contribution >= 0.6 is 0 Å². The van der Waals surface area contributed by atoms with Gasteiger partial charge in [0.1, 0.15) is 6.04 Å². The van der Waals surface area contributed by atoms with Crippen LogP contribution in [0.2, 0.25) is 0 Å². The number of anilines is 2. The first-order chi connectivity index (χ1) is 14.8. The highest BCUT2D eigenvalue weighted by molar-refractivity contribution is 5.87. The fourth-order valence-electron chi connectivity index (χ4n) is 3.85. The molecule has 11 nitrogen and oxygen atoms in total. The van der Waals surface area contributed by atoms with E-state index in [1.54, 1.807) is 24.3 Å². The van der Waals surface area contributed by atoms with Crippen molar-refractivity contribution in [2.24, 2.45) is 0 Å². The third-order valence-electron chi connectivity index (χ3n) is 5.39. The second-order valence-electron chi connectivity index (χ2n) is 7.44. The van der Waals surface area contributed by atoms with Gasteiger partial charge in [0.15, 0.2) is 6.23 Å². The van der Waals surface area contributed by atoms with Crippen molar-refractivity contribution in [3.8, 4) is 0 Å².